The predicted molar refractivity (Wildman–Crippen MR) is 70.3 cm³/mol. The Balaban J connectivity index is 1.86. The van der Waals surface area contributed by atoms with Crippen LogP contribution >= 0.6 is 11.3 Å². The Morgan fingerprint density at radius 2 is 2.32 bits per heavy atom. The summed E-state index contributed by atoms with van der Waals surface area (Å²) in [4.78, 5) is 16.3. The van der Waals surface area contributed by atoms with Gasteiger partial charge in [-0.25, -0.2) is 4.98 Å². The summed E-state index contributed by atoms with van der Waals surface area (Å²) in [6.45, 7) is 0.429. The lowest BCUT2D eigenvalue weighted by molar-refractivity contribution is 0.0930. The number of nitrogens with one attached hydrogen (secondary N) is 1. The van der Waals surface area contributed by atoms with Gasteiger partial charge in [-0.15, -0.1) is 11.3 Å². The van der Waals surface area contributed by atoms with Crippen LogP contribution in [0.1, 0.15) is 16.2 Å². The second-order valence-electron chi connectivity index (χ2n) is 3.96. The standard InChI is InChI=1S/C13H9N3O2S/c14-7-8-5-6-18-12(8)16-11(17)13-15-9-3-1-2-4-10(9)19-13/h1-4H,5-6H2,(H,16,17). The predicted octanol–water partition coefficient (Wildman–Crippen LogP) is 2.18. The zero-order chi connectivity index (χ0) is 13.2. The van der Waals surface area contributed by atoms with E-state index in [2.05, 4.69) is 10.3 Å². The molecule has 5 nitrogen and oxygen atoms in total. The van der Waals surface area contributed by atoms with Crippen LogP contribution in [0, 0.1) is 11.3 Å². The van der Waals surface area contributed by atoms with Crippen molar-refractivity contribution in [2.75, 3.05) is 6.61 Å². The fourth-order valence-electron chi connectivity index (χ4n) is 1.80. The van der Waals surface area contributed by atoms with Crippen molar-refractivity contribution in [1.82, 2.24) is 10.3 Å². The van der Waals surface area contributed by atoms with Crippen LogP contribution in [0.5, 0.6) is 0 Å². The smallest absolute Gasteiger partial charge is 0.287 e. The highest BCUT2D eigenvalue weighted by Gasteiger charge is 2.20. The summed E-state index contributed by atoms with van der Waals surface area (Å²) in [6, 6.07) is 9.57. The van der Waals surface area contributed by atoms with E-state index in [4.69, 9.17) is 10.00 Å². The maximum Gasteiger partial charge on any atom is 0.287 e. The maximum atomic E-state index is 12.0. The Morgan fingerprint density at radius 3 is 3.11 bits per heavy atom. The van der Waals surface area contributed by atoms with Crippen LogP contribution in [-0.4, -0.2) is 17.5 Å². The number of carbonyl (C=O) groups excluding carboxylic acids is 1. The molecule has 0 saturated carbocycles. The molecule has 94 valence electrons. The Labute approximate surface area is 113 Å². The molecule has 1 aromatic carbocycles. The first-order valence-corrected chi connectivity index (χ1v) is 6.52. The Kier molecular flexibility index (Phi) is 2.89. The van der Waals surface area contributed by atoms with Gasteiger partial charge in [-0.3, -0.25) is 10.1 Å². The summed E-state index contributed by atoms with van der Waals surface area (Å²) < 4.78 is 6.18. The molecule has 2 heterocycles. The quantitative estimate of drug-likeness (QED) is 0.908. The van der Waals surface area contributed by atoms with Gasteiger partial charge in [0.1, 0.15) is 6.07 Å². The number of rotatable bonds is 2. The lowest BCUT2D eigenvalue weighted by Crippen LogP contribution is -2.23. The molecule has 0 saturated heterocycles. The van der Waals surface area contributed by atoms with Crippen molar-refractivity contribution in [2.24, 2.45) is 0 Å². The average molecular weight is 271 g/mol. The second-order valence-corrected chi connectivity index (χ2v) is 4.99. The van der Waals surface area contributed by atoms with Gasteiger partial charge >= 0.3 is 0 Å². The van der Waals surface area contributed by atoms with Crippen LogP contribution in [0.15, 0.2) is 35.7 Å². The van der Waals surface area contributed by atoms with E-state index in [0.29, 0.717) is 23.6 Å². The minimum atomic E-state index is -0.342. The number of fused-ring (bicyclic) bond motifs is 1. The molecule has 0 bridgehead atoms. The normalized spacial score (nSPS) is 14.3. The first-order valence-electron chi connectivity index (χ1n) is 5.71. The minimum absolute atomic E-state index is 0.256. The molecule has 0 unspecified atom stereocenters. The number of para-hydroxylation sites is 1. The summed E-state index contributed by atoms with van der Waals surface area (Å²) in [7, 11) is 0. The first kappa shape index (κ1) is 11.7. The maximum absolute atomic E-state index is 12.0. The third-order valence-corrected chi connectivity index (χ3v) is 3.76. The van der Waals surface area contributed by atoms with E-state index in [1.165, 1.54) is 11.3 Å². The minimum Gasteiger partial charge on any atom is -0.478 e. The van der Waals surface area contributed by atoms with Gasteiger partial charge in [0.05, 0.1) is 22.4 Å². The SMILES string of the molecule is N#CC1=C(NC(=O)c2nc3ccccc3s2)OCC1. The summed E-state index contributed by atoms with van der Waals surface area (Å²) in [6.07, 6.45) is 0.534. The van der Waals surface area contributed by atoms with E-state index < -0.39 is 0 Å². The van der Waals surface area contributed by atoms with Gasteiger partial charge in [0, 0.05) is 6.42 Å². The highest BCUT2D eigenvalue weighted by molar-refractivity contribution is 7.20. The van der Waals surface area contributed by atoms with Gasteiger partial charge in [-0.1, -0.05) is 12.1 Å². The molecule has 0 spiro atoms. The third kappa shape index (κ3) is 2.16. The molecule has 1 aliphatic heterocycles. The number of nitriles is 1. The fourth-order valence-corrected chi connectivity index (χ4v) is 2.66. The highest BCUT2D eigenvalue weighted by atomic mass is 32.1. The molecule has 0 radical (unpaired) electrons. The number of hydrogen-bond donors (Lipinski definition) is 1. The summed E-state index contributed by atoms with van der Waals surface area (Å²) in [5, 5.41) is 11.8. The summed E-state index contributed by atoms with van der Waals surface area (Å²) in [5.74, 6) is -0.0855. The molecule has 3 rings (SSSR count). The lowest BCUT2D eigenvalue weighted by Gasteiger charge is -2.03. The van der Waals surface area contributed by atoms with Crippen molar-refractivity contribution in [3.8, 4) is 6.07 Å². The lowest BCUT2D eigenvalue weighted by atomic mass is 10.2. The van der Waals surface area contributed by atoms with Crippen molar-refractivity contribution < 1.29 is 9.53 Å². The number of ether oxygens (including phenoxy) is 1. The molecule has 1 N–H and O–H groups in total. The Hall–Kier alpha value is -2.39. The molecule has 6 heteroatoms. The summed E-state index contributed by atoms with van der Waals surface area (Å²) >= 11 is 1.31. The van der Waals surface area contributed by atoms with Crippen LogP contribution in [0.3, 0.4) is 0 Å². The third-order valence-electron chi connectivity index (χ3n) is 2.72. The molecular formula is C13H9N3O2S. The monoisotopic (exact) mass is 271 g/mol. The Bertz CT molecular complexity index is 694. The van der Waals surface area contributed by atoms with Gasteiger partial charge < -0.3 is 4.74 Å². The van der Waals surface area contributed by atoms with Crippen LogP contribution in [-0.2, 0) is 4.74 Å². The van der Waals surface area contributed by atoms with Crippen molar-refractivity contribution in [2.45, 2.75) is 6.42 Å². The van der Waals surface area contributed by atoms with Crippen LogP contribution < -0.4 is 5.32 Å². The van der Waals surface area contributed by atoms with E-state index in [-0.39, 0.29) is 11.8 Å². The molecule has 0 fully saturated rings. The van der Waals surface area contributed by atoms with Gasteiger partial charge in [0.25, 0.3) is 5.91 Å². The number of nitrogens with zero attached hydrogens (tertiary/aromatic N) is 2. The largest absolute Gasteiger partial charge is 0.478 e. The molecule has 1 aliphatic rings. The molecule has 0 atom stereocenters. The molecule has 2 aromatic rings. The average Bonchev–Trinajstić information content (AvgIpc) is 3.03. The van der Waals surface area contributed by atoms with Gasteiger partial charge in [0.2, 0.25) is 5.88 Å². The van der Waals surface area contributed by atoms with Crippen LogP contribution in [0.25, 0.3) is 10.2 Å². The van der Waals surface area contributed by atoms with Gasteiger partial charge in [0.15, 0.2) is 5.01 Å². The summed E-state index contributed by atoms with van der Waals surface area (Å²) in [5.41, 5.74) is 1.26. The van der Waals surface area contributed by atoms with Crippen molar-refractivity contribution >= 4 is 27.5 Å². The Morgan fingerprint density at radius 1 is 1.47 bits per heavy atom. The number of aromatic nitrogens is 1. The number of hydrogen-bond acceptors (Lipinski definition) is 5. The topological polar surface area (TPSA) is 75.0 Å². The van der Waals surface area contributed by atoms with Crippen molar-refractivity contribution in [3.63, 3.8) is 0 Å². The van der Waals surface area contributed by atoms with Crippen LogP contribution in [0.4, 0.5) is 0 Å². The van der Waals surface area contributed by atoms with Crippen LogP contribution in [0.2, 0.25) is 0 Å². The van der Waals surface area contributed by atoms with Gasteiger partial charge in [-0.2, -0.15) is 5.26 Å². The number of thiazole rings is 1. The van der Waals surface area contributed by atoms with E-state index in [9.17, 15) is 4.79 Å². The van der Waals surface area contributed by atoms with Crippen molar-refractivity contribution in [3.05, 3.63) is 40.7 Å². The van der Waals surface area contributed by atoms with E-state index in [0.717, 1.165) is 10.2 Å². The molecule has 1 aromatic heterocycles. The first-order chi connectivity index (χ1) is 9.28. The zero-order valence-electron chi connectivity index (χ0n) is 9.84. The van der Waals surface area contributed by atoms with E-state index in [1.807, 2.05) is 30.3 Å². The molecule has 19 heavy (non-hydrogen) atoms. The van der Waals surface area contributed by atoms with E-state index >= 15 is 0 Å². The zero-order valence-corrected chi connectivity index (χ0v) is 10.7. The van der Waals surface area contributed by atoms with E-state index in [1.54, 1.807) is 0 Å². The highest BCUT2D eigenvalue weighted by Crippen LogP contribution is 2.22. The number of benzene rings is 1. The number of amides is 1. The van der Waals surface area contributed by atoms with Gasteiger partial charge in [-0.05, 0) is 12.1 Å². The molecule has 0 aliphatic carbocycles. The number of carbonyl (C=O) groups is 1. The fraction of sp³-hybridized carbons (Fsp3) is 0.154. The second kappa shape index (κ2) is 4.71. The van der Waals surface area contributed by atoms with Crippen molar-refractivity contribution in [1.29, 1.82) is 5.26 Å². The molecular weight excluding hydrogens is 262 g/mol. The molecule has 1 amide bonds.